The van der Waals surface area contributed by atoms with Crippen molar-refractivity contribution in [3.8, 4) is 0 Å². The number of nitrogens with zero attached hydrogens (tertiary/aromatic N) is 2. The van der Waals surface area contributed by atoms with Gasteiger partial charge in [0.25, 0.3) is 23.6 Å². The third-order valence-corrected chi connectivity index (χ3v) is 3.44. The van der Waals surface area contributed by atoms with Crippen LogP contribution in [-0.2, 0) is 38.3 Å². The number of imide groups is 2. The Morgan fingerprint density at radius 1 is 0.852 bits per heavy atom. The highest BCUT2D eigenvalue weighted by atomic mass is 16.7. The van der Waals surface area contributed by atoms with Crippen molar-refractivity contribution in [2.75, 3.05) is 26.3 Å². The summed E-state index contributed by atoms with van der Waals surface area (Å²) < 4.78 is 5.14. The van der Waals surface area contributed by atoms with Gasteiger partial charge in [0.2, 0.25) is 5.91 Å². The molecule has 0 aromatic rings. The molecule has 27 heavy (non-hydrogen) atoms. The van der Waals surface area contributed by atoms with Gasteiger partial charge in [0.1, 0.15) is 0 Å². The SMILES string of the molecule is O=C(CCN1C(=O)C=CC1=O)NCCOCCC(=O)ON1C(=O)C=CC1=O. The monoisotopic (exact) mass is 379 g/mol. The summed E-state index contributed by atoms with van der Waals surface area (Å²) in [6.07, 6.45) is 4.05. The lowest BCUT2D eigenvalue weighted by Gasteiger charge is -2.13. The maximum absolute atomic E-state index is 11.6. The van der Waals surface area contributed by atoms with Crippen molar-refractivity contribution < 1.29 is 38.3 Å². The van der Waals surface area contributed by atoms with Crippen LogP contribution < -0.4 is 5.32 Å². The van der Waals surface area contributed by atoms with Gasteiger partial charge in [-0.1, -0.05) is 5.06 Å². The largest absolute Gasteiger partial charge is 0.379 e. The summed E-state index contributed by atoms with van der Waals surface area (Å²) in [5.41, 5.74) is 0. The molecule has 0 bridgehead atoms. The molecule has 2 aliphatic rings. The van der Waals surface area contributed by atoms with Gasteiger partial charge in [0.05, 0.1) is 19.6 Å². The number of amides is 5. The Balaban J connectivity index is 1.49. The van der Waals surface area contributed by atoms with Gasteiger partial charge in [-0.2, -0.15) is 0 Å². The van der Waals surface area contributed by atoms with E-state index < -0.39 is 29.6 Å². The van der Waals surface area contributed by atoms with Crippen LogP contribution in [0.25, 0.3) is 0 Å². The summed E-state index contributed by atoms with van der Waals surface area (Å²) in [5, 5.41) is 2.89. The van der Waals surface area contributed by atoms with E-state index in [4.69, 9.17) is 4.74 Å². The summed E-state index contributed by atoms with van der Waals surface area (Å²) in [7, 11) is 0. The summed E-state index contributed by atoms with van der Waals surface area (Å²) in [4.78, 5) is 73.7. The molecule has 2 rings (SSSR count). The lowest BCUT2D eigenvalue weighted by molar-refractivity contribution is -0.196. The van der Waals surface area contributed by atoms with Gasteiger partial charge < -0.3 is 14.9 Å². The first-order valence-electron chi connectivity index (χ1n) is 8.03. The smallest absolute Gasteiger partial charge is 0.335 e. The Hall–Kier alpha value is -3.34. The molecule has 11 nitrogen and oxygen atoms in total. The second kappa shape index (κ2) is 9.38. The van der Waals surface area contributed by atoms with E-state index in [1.54, 1.807) is 0 Å². The number of nitrogens with one attached hydrogen (secondary N) is 1. The summed E-state index contributed by atoms with van der Waals surface area (Å²) >= 11 is 0. The van der Waals surface area contributed by atoms with Crippen molar-refractivity contribution in [1.82, 2.24) is 15.3 Å². The number of ether oxygens (including phenoxy) is 1. The molecule has 0 saturated heterocycles. The number of rotatable bonds is 10. The molecule has 0 fully saturated rings. The Labute approximate surface area is 153 Å². The van der Waals surface area contributed by atoms with Crippen LogP contribution in [0.2, 0.25) is 0 Å². The van der Waals surface area contributed by atoms with E-state index in [1.165, 1.54) is 0 Å². The van der Waals surface area contributed by atoms with Gasteiger partial charge in [-0.25, -0.2) is 4.79 Å². The highest BCUT2D eigenvalue weighted by Gasteiger charge is 2.27. The second-order valence-corrected chi connectivity index (χ2v) is 5.39. The minimum atomic E-state index is -0.807. The minimum absolute atomic E-state index is 0.00794. The lowest BCUT2D eigenvalue weighted by atomic mass is 10.3. The van der Waals surface area contributed by atoms with E-state index >= 15 is 0 Å². The first-order valence-corrected chi connectivity index (χ1v) is 8.03. The van der Waals surface area contributed by atoms with Crippen molar-refractivity contribution in [3.63, 3.8) is 0 Å². The Morgan fingerprint density at radius 3 is 2.07 bits per heavy atom. The molecule has 2 aliphatic heterocycles. The van der Waals surface area contributed by atoms with E-state index in [2.05, 4.69) is 10.2 Å². The molecule has 0 unspecified atom stereocenters. The predicted molar refractivity (Wildman–Crippen MR) is 86.0 cm³/mol. The fourth-order valence-corrected chi connectivity index (χ4v) is 2.10. The lowest BCUT2D eigenvalue weighted by Crippen LogP contribution is -2.35. The molecular weight excluding hydrogens is 362 g/mol. The first-order chi connectivity index (χ1) is 12.9. The molecular formula is C16H17N3O8. The molecule has 0 saturated carbocycles. The third kappa shape index (κ3) is 5.85. The summed E-state index contributed by atoms with van der Waals surface area (Å²) in [6, 6.07) is 0. The van der Waals surface area contributed by atoms with E-state index in [9.17, 15) is 28.8 Å². The Morgan fingerprint density at radius 2 is 1.44 bits per heavy atom. The van der Waals surface area contributed by atoms with Crippen LogP contribution in [-0.4, -0.2) is 71.8 Å². The van der Waals surface area contributed by atoms with Crippen molar-refractivity contribution in [2.24, 2.45) is 0 Å². The molecule has 0 aromatic carbocycles. The molecule has 0 atom stereocenters. The number of hydrogen-bond acceptors (Lipinski definition) is 8. The van der Waals surface area contributed by atoms with Crippen molar-refractivity contribution >= 4 is 35.5 Å². The standard InChI is InChI=1S/C16H17N3O8/c20-11(5-8-18-12(21)1-2-13(18)22)17-7-10-26-9-6-16(25)27-19-14(23)3-4-15(19)24/h1-4H,5-10H2,(H,17,20). The molecule has 0 radical (unpaired) electrons. The van der Waals surface area contributed by atoms with Crippen LogP contribution in [0.15, 0.2) is 24.3 Å². The fraction of sp³-hybridized carbons (Fsp3) is 0.375. The number of carbonyl (C=O) groups excluding carboxylic acids is 6. The van der Waals surface area contributed by atoms with Gasteiger partial charge >= 0.3 is 5.97 Å². The van der Waals surface area contributed by atoms with E-state index in [-0.39, 0.29) is 45.1 Å². The van der Waals surface area contributed by atoms with Gasteiger partial charge in [0, 0.05) is 43.8 Å². The minimum Gasteiger partial charge on any atom is -0.379 e. The third-order valence-electron chi connectivity index (χ3n) is 3.44. The molecule has 0 spiro atoms. The van der Waals surface area contributed by atoms with E-state index in [0.29, 0.717) is 5.06 Å². The van der Waals surface area contributed by atoms with Gasteiger partial charge in [-0.05, 0) is 0 Å². The van der Waals surface area contributed by atoms with Crippen molar-refractivity contribution in [3.05, 3.63) is 24.3 Å². The summed E-state index contributed by atoms with van der Waals surface area (Å²) in [6.45, 7) is 0.249. The van der Waals surface area contributed by atoms with Crippen LogP contribution in [0.3, 0.4) is 0 Å². The zero-order valence-corrected chi connectivity index (χ0v) is 14.2. The van der Waals surface area contributed by atoms with Crippen LogP contribution in [0, 0.1) is 0 Å². The highest BCUT2D eigenvalue weighted by Crippen LogP contribution is 2.05. The number of hydrogen-bond donors (Lipinski definition) is 1. The predicted octanol–water partition coefficient (Wildman–Crippen LogP) is -1.79. The zero-order chi connectivity index (χ0) is 19.8. The topological polar surface area (TPSA) is 139 Å². The molecule has 11 heteroatoms. The second-order valence-electron chi connectivity index (χ2n) is 5.39. The molecule has 0 aromatic heterocycles. The summed E-state index contributed by atoms with van der Waals surface area (Å²) in [5.74, 6) is -3.52. The Bertz CT molecular complexity index is 691. The quantitative estimate of drug-likeness (QED) is 0.347. The first kappa shape index (κ1) is 20.0. The van der Waals surface area contributed by atoms with Gasteiger partial charge in [-0.3, -0.25) is 28.9 Å². The zero-order valence-electron chi connectivity index (χ0n) is 14.2. The molecule has 5 amide bonds. The fourth-order valence-electron chi connectivity index (χ4n) is 2.10. The van der Waals surface area contributed by atoms with Crippen molar-refractivity contribution in [1.29, 1.82) is 0 Å². The van der Waals surface area contributed by atoms with Crippen LogP contribution >= 0.6 is 0 Å². The normalized spacial score (nSPS) is 15.9. The van der Waals surface area contributed by atoms with Crippen molar-refractivity contribution in [2.45, 2.75) is 12.8 Å². The highest BCUT2D eigenvalue weighted by molar-refractivity contribution is 6.13. The van der Waals surface area contributed by atoms with Gasteiger partial charge in [-0.15, -0.1) is 0 Å². The van der Waals surface area contributed by atoms with Crippen LogP contribution in [0.5, 0.6) is 0 Å². The van der Waals surface area contributed by atoms with Crippen LogP contribution in [0.4, 0.5) is 0 Å². The van der Waals surface area contributed by atoms with E-state index in [1.807, 2.05) is 0 Å². The average Bonchev–Trinajstić information content (AvgIpc) is 3.12. The van der Waals surface area contributed by atoms with Gasteiger partial charge in [0.15, 0.2) is 0 Å². The molecule has 1 N–H and O–H groups in total. The maximum atomic E-state index is 11.6. The average molecular weight is 379 g/mol. The molecule has 144 valence electrons. The van der Waals surface area contributed by atoms with Crippen LogP contribution in [0.1, 0.15) is 12.8 Å². The molecule has 0 aliphatic carbocycles. The Kier molecular flexibility index (Phi) is 6.94. The number of carbonyl (C=O) groups is 6. The maximum Gasteiger partial charge on any atom is 0.335 e. The van der Waals surface area contributed by atoms with E-state index in [0.717, 1.165) is 29.2 Å². The number of hydroxylamine groups is 2. The molecule has 2 heterocycles.